The lowest BCUT2D eigenvalue weighted by Gasteiger charge is -1.82. The van der Waals surface area contributed by atoms with Gasteiger partial charge in [-0.25, -0.2) is 9.07 Å². The Balaban J connectivity index is 2.90. The lowest BCUT2D eigenvalue weighted by molar-refractivity contribution is 1.06. The van der Waals surface area contributed by atoms with Crippen molar-refractivity contribution in [2.24, 2.45) is 0 Å². The third kappa shape index (κ3) is 1.28. The van der Waals surface area contributed by atoms with E-state index in [0.717, 1.165) is 5.69 Å². The van der Waals surface area contributed by atoms with Crippen LogP contribution in [0.1, 0.15) is 11.5 Å². The van der Waals surface area contributed by atoms with Gasteiger partial charge in [-0.1, -0.05) is 0 Å². The summed E-state index contributed by atoms with van der Waals surface area (Å²) in [6.45, 7) is 1.79. The van der Waals surface area contributed by atoms with Gasteiger partial charge in [0.05, 0.1) is 18.2 Å². The van der Waals surface area contributed by atoms with Crippen LogP contribution in [-0.4, -0.2) is 9.07 Å². The number of imidazole rings is 1. The lowest BCUT2D eigenvalue weighted by atomic mass is 10.4. The first-order chi connectivity index (χ1) is 4.74. The Labute approximate surface area is 64.0 Å². The van der Waals surface area contributed by atoms with Crippen LogP contribution in [0.15, 0.2) is 6.20 Å². The predicted octanol–water partition coefficient (Wildman–Crippen LogP) is 1.26. The molecule has 0 aliphatic heterocycles. The summed E-state index contributed by atoms with van der Waals surface area (Å²) in [6, 6.07) is 1.99. The molecular weight excluding hydrogens is 150 g/mol. The molecule has 0 aromatic carbocycles. The van der Waals surface area contributed by atoms with Crippen LogP contribution in [0.25, 0.3) is 0 Å². The van der Waals surface area contributed by atoms with Gasteiger partial charge in [-0.3, -0.25) is 0 Å². The Morgan fingerprint density at radius 1 is 1.90 bits per heavy atom. The molecule has 0 fully saturated rings. The summed E-state index contributed by atoms with van der Waals surface area (Å²) in [5.41, 5.74) is 0.718. The molecular formula is C6H6ClN3. The van der Waals surface area contributed by atoms with Crippen LogP contribution in [0.3, 0.4) is 0 Å². The summed E-state index contributed by atoms with van der Waals surface area (Å²) in [5.74, 6) is 0.715. The van der Waals surface area contributed by atoms with Crippen molar-refractivity contribution in [3.05, 3.63) is 17.7 Å². The van der Waals surface area contributed by atoms with E-state index in [1.165, 1.54) is 4.09 Å². The van der Waals surface area contributed by atoms with Crippen molar-refractivity contribution in [2.75, 3.05) is 0 Å². The molecule has 0 spiro atoms. The highest BCUT2D eigenvalue weighted by Gasteiger charge is 1.99. The summed E-state index contributed by atoms with van der Waals surface area (Å²) >= 11 is 5.61. The van der Waals surface area contributed by atoms with Crippen LogP contribution in [-0.2, 0) is 6.42 Å². The zero-order valence-electron chi connectivity index (χ0n) is 5.50. The maximum absolute atomic E-state index is 8.28. The maximum Gasteiger partial charge on any atom is 0.120 e. The summed E-state index contributed by atoms with van der Waals surface area (Å²) in [4.78, 5) is 4.01. The molecule has 0 saturated heterocycles. The highest BCUT2D eigenvalue weighted by molar-refractivity contribution is 6.15. The van der Waals surface area contributed by atoms with Gasteiger partial charge in [-0.15, -0.1) is 0 Å². The van der Waals surface area contributed by atoms with Crippen LogP contribution in [0.4, 0.5) is 0 Å². The minimum Gasteiger partial charge on any atom is -0.246 e. The van der Waals surface area contributed by atoms with Crippen LogP contribution >= 0.6 is 11.8 Å². The van der Waals surface area contributed by atoms with Crippen molar-refractivity contribution in [2.45, 2.75) is 13.3 Å². The van der Waals surface area contributed by atoms with Gasteiger partial charge in [0, 0.05) is 18.0 Å². The van der Waals surface area contributed by atoms with Crippen molar-refractivity contribution >= 4 is 11.8 Å². The first-order valence-corrected chi connectivity index (χ1v) is 3.16. The fourth-order valence-electron chi connectivity index (χ4n) is 0.675. The Morgan fingerprint density at radius 2 is 2.60 bits per heavy atom. The minimum atomic E-state index is 0.320. The molecule has 0 radical (unpaired) electrons. The number of hydrogen-bond acceptors (Lipinski definition) is 2. The molecule has 1 aromatic rings. The van der Waals surface area contributed by atoms with Crippen molar-refractivity contribution in [1.82, 2.24) is 9.07 Å². The van der Waals surface area contributed by atoms with E-state index in [4.69, 9.17) is 17.0 Å². The van der Waals surface area contributed by atoms with E-state index in [-0.39, 0.29) is 0 Å². The molecule has 0 aliphatic carbocycles. The number of aryl methyl sites for hydroxylation is 1. The van der Waals surface area contributed by atoms with Crippen LogP contribution < -0.4 is 0 Å². The molecule has 0 unspecified atom stereocenters. The second-order valence-electron chi connectivity index (χ2n) is 1.93. The molecule has 0 aliphatic rings. The molecule has 1 heterocycles. The Hall–Kier alpha value is -1.01. The topological polar surface area (TPSA) is 41.6 Å². The van der Waals surface area contributed by atoms with Crippen LogP contribution in [0, 0.1) is 18.3 Å². The number of aromatic nitrogens is 2. The Bertz CT molecular complexity index is 252. The van der Waals surface area contributed by atoms with Gasteiger partial charge in [-0.2, -0.15) is 5.26 Å². The van der Waals surface area contributed by atoms with Gasteiger partial charge in [0.1, 0.15) is 5.82 Å². The van der Waals surface area contributed by atoms with E-state index in [0.29, 0.717) is 12.2 Å². The lowest BCUT2D eigenvalue weighted by Crippen LogP contribution is -1.80. The van der Waals surface area contributed by atoms with E-state index < -0.39 is 0 Å². The summed E-state index contributed by atoms with van der Waals surface area (Å²) in [5, 5.41) is 8.28. The van der Waals surface area contributed by atoms with Gasteiger partial charge >= 0.3 is 0 Å². The van der Waals surface area contributed by atoms with Crippen molar-refractivity contribution in [3.8, 4) is 6.07 Å². The summed E-state index contributed by atoms with van der Waals surface area (Å²) in [6.07, 6.45) is 1.96. The van der Waals surface area contributed by atoms with Crippen LogP contribution in [0.2, 0.25) is 0 Å². The maximum atomic E-state index is 8.28. The average Bonchev–Trinajstić information content (AvgIpc) is 2.14. The van der Waals surface area contributed by atoms with Crippen molar-refractivity contribution in [3.63, 3.8) is 0 Å². The van der Waals surface area contributed by atoms with E-state index in [9.17, 15) is 0 Å². The van der Waals surface area contributed by atoms with Gasteiger partial charge in [0.15, 0.2) is 0 Å². The SMILES string of the molecule is Cc1nc(CC#N)cn1Cl. The van der Waals surface area contributed by atoms with Gasteiger partial charge in [-0.05, 0) is 6.92 Å². The molecule has 4 heteroatoms. The Kier molecular flexibility index (Phi) is 1.93. The Morgan fingerprint density at radius 3 is 3.00 bits per heavy atom. The fraction of sp³-hybridized carbons (Fsp3) is 0.333. The number of hydrogen-bond donors (Lipinski definition) is 0. The van der Waals surface area contributed by atoms with Gasteiger partial charge in [0.2, 0.25) is 0 Å². The fourth-order valence-corrected chi connectivity index (χ4v) is 0.825. The average molecular weight is 156 g/mol. The summed E-state index contributed by atoms with van der Waals surface area (Å²) in [7, 11) is 0. The predicted molar refractivity (Wildman–Crippen MR) is 37.5 cm³/mol. The second-order valence-corrected chi connectivity index (χ2v) is 2.29. The van der Waals surface area contributed by atoms with E-state index in [1.807, 2.05) is 6.07 Å². The normalized spacial score (nSPS) is 9.30. The molecule has 0 saturated carbocycles. The monoisotopic (exact) mass is 155 g/mol. The molecule has 3 nitrogen and oxygen atoms in total. The molecule has 0 atom stereocenters. The zero-order valence-corrected chi connectivity index (χ0v) is 6.26. The standard InChI is InChI=1S/C6H6ClN3/c1-5-9-6(2-3-8)4-10(5)7/h4H,2H2,1H3. The summed E-state index contributed by atoms with van der Waals surface area (Å²) < 4.78 is 1.38. The number of nitriles is 1. The third-order valence-electron chi connectivity index (χ3n) is 1.14. The number of nitrogens with zero attached hydrogens (tertiary/aromatic N) is 3. The molecule has 1 aromatic heterocycles. The molecule has 1 rings (SSSR count). The number of rotatable bonds is 1. The van der Waals surface area contributed by atoms with Crippen molar-refractivity contribution < 1.29 is 0 Å². The first kappa shape index (κ1) is 7.10. The molecule has 0 N–H and O–H groups in total. The minimum absolute atomic E-state index is 0.320. The van der Waals surface area contributed by atoms with Crippen molar-refractivity contribution in [1.29, 1.82) is 5.26 Å². The second kappa shape index (κ2) is 2.72. The number of halogens is 1. The van der Waals surface area contributed by atoms with E-state index in [2.05, 4.69) is 4.98 Å². The highest BCUT2D eigenvalue weighted by atomic mass is 35.5. The third-order valence-corrected chi connectivity index (χ3v) is 1.48. The van der Waals surface area contributed by atoms with Gasteiger partial charge < -0.3 is 0 Å². The van der Waals surface area contributed by atoms with E-state index in [1.54, 1.807) is 13.1 Å². The van der Waals surface area contributed by atoms with Gasteiger partial charge in [0.25, 0.3) is 0 Å². The first-order valence-electron chi connectivity index (χ1n) is 2.82. The molecule has 52 valence electrons. The van der Waals surface area contributed by atoms with Crippen LogP contribution in [0.5, 0.6) is 0 Å². The zero-order chi connectivity index (χ0) is 7.56. The molecule has 10 heavy (non-hydrogen) atoms. The quantitative estimate of drug-likeness (QED) is 0.613. The molecule has 0 bridgehead atoms. The largest absolute Gasteiger partial charge is 0.246 e. The molecule has 0 amide bonds. The van der Waals surface area contributed by atoms with E-state index >= 15 is 0 Å². The smallest absolute Gasteiger partial charge is 0.120 e. The highest BCUT2D eigenvalue weighted by Crippen LogP contribution is 2.03.